The van der Waals surface area contributed by atoms with Crippen LogP contribution in [0.2, 0.25) is 0 Å². The molecule has 0 aliphatic rings. The summed E-state index contributed by atoms with van der Waals surface area (Å²) < 4.78 is 35.2. The Hall–Kier alpha value is -2.52. The molecule has 0 radical (unpaired) electrons. The highest BCUT2D eigenvalue weighted by Gasteiger charge is 2.19. The van der Waals surface area contributed by atoms with Gasteiger partial charge in [-0.2, -0.15) is 0 Å². The average Bonchev–Trinajstić information content (AvgIpc) is 3.04. The zero-order valence-corrected chi connectivity index (χ0v) is 13.3. The quantitative estimate of drug-likeness (QED) is 0.717. The Bertz CT molecular complexity index is 812. The van der Waals surface area contributed by atoms with Gasteiger partial charge in [0.05, 0.1) is 7.11 Å². The third-order valence-corrected chi connectivity index (χ3v) is 4.32. The molecule has 0 fully saturated rings. The lowest BCUT2D eigenvalue weighted by molar-refractivity contribution is 0.0917. The number of phenols is 1. The Balaban J connectivity index is 2.06. The number of aromatic hydroxyl groups is 1. The fourth-order valence-electron chi connectivity index (χ4n) is 1.79. The predicted octanol–water partition coefficient (Wildman–Crippen LogP) is 0.832. The maximum atomic E-state index is 12.0. The van der Waals surface area contributed by atoms with E-state index in [1.165, 1.54) is 32.4 Å². The number of sulfonamides is 1. The Morgan fingerprint density at radius 1 is 1.30 bits per heavy atom. The lowest BCUT2D eigenvalue weighted by atomic mass is 10.2. The number of amides is 1. The summed E-state index contributed by atoms with van der Waals surface area (Å²) in [4.78, 5) is 12.0. The summed E-state index contributed by atoms with van der Waals surface area (Å²) in [6, 6.07) is 7.12. The number of carbonyl (C=O) groups excluding carboxylic acids is 1. The topological polar surface area (TPSA) is 118 Å². The van der Waals surface area contributed by atoms with E-state index in [2.05, 4.69) is 10.0 Å². The fraction of sp³-hybridized carbons (Fsp3) is 0.214. The van der Waals surface area contributed by atoms with Crippen molar-refractivity contribution < 1.29 is 27.5 Å². The number of hydrogen-bond acceptors (Lipinski definition) is 6. The van der Waals surface area contributed by atoms with Crippen molar-refractivity contribution in [1.29, 1.82) is 0 Å². The van der Waals surface area contributed by atoms with Crippen LogP contribution in [0.25, 0.3) is 0 Å². The van der Waals surface area contributed by atoms with E-state index in [-0.39, 0.29) is 28.9 Å². The first-order chi connectivity index (χ1) is 10.9. The normalized spacial score (nSPS) is 11.2. The molecule has 0 aliphatic carbocycles. The Kier molecular flexibility index (Phi) is 4.92. The highest BCUT2D eigenvalue weighted by molar-refractivity contribution is 7.89. The molecule has 0 atom stereocenters. The molecule has 0 spiro atoms. The van der Waals surface area contributed by atoms with Crippen molar-refractivity contribution in [2.24, 2.45) is 0 Å². The number of furan rings is 1. The minimum Gasteiger partial charge on any atom is -0.504 e. The first-order valence-electron chi connectivity index (χ1n) is 6.55. The molecule has 0 aliphatic heterocycles. The molecule has 1 aromatic carbocycles. The molecule has 3 N–H and O–H groups in total. The molecule has 1 heterocycles. The van der Waals surface area contributed by atoms with Gasteiger partial charge >= 0.3 is 0 Å². The minimum atomic E-state index is -3.73. The maximum Gasteiger partial charge on any atom is 0.287 e. The largest absolute Gasteiger partial charge is 0.504 e. The van der Waals surface area contributed by atoms with Crippen LogP contribution in [0.3, 0.4) is 0 Å². The van der Waals surface area contributed by atoms with Crippen LogP contribution < -0.4 is 14.8 Å². The highest BCUT2D eigenvalue weighted by Crippen LogP contribution is 2.26. The van der Waals surface area contributed by atoms with Gasteiger partial charge in [0, 0.05) is 6.54 Å². The van der Waals surface area contributed by atoms with Gasteiger partial charge in [-0.05, 0) is 36.9 Å². The van der Waals surface area contributed by atoms with Crippen LogP contribution in [0.4, 0.5) is 0 Å². The van der Waals surface area contributed by atoms with Crippen LogP contribution >= 0.6 is 0 Å². The van der Waals surface area contributed by atoms with Crippen molar-refractivity contribution in [3.8, 4) is 11.5 Å². The van der Waals surface area contributed by atoms with E-state index < -0.39 is 15.9 Å². The van der Waals surface area contributed by atoms with Crippen molar-refractivity contribution in [3.05, 3.63) is 41.7 Å². The van der Waals surface area contributed by atoms with Crippen LogP contribution in [-0.2, 0) is 16.6 Å². The lowest BCUT2D eigenvalue weighted by Gasteiger charge is -2.07. The average molecular weight is 340 g/mol. The molecule has 0 unspecified atom stereocenters. The minimum absolute atomic E-state index is 0.00414. The van der Waals surface area contributed by atoms with E-state index in [1.807, 2.05) is 0 Å². The summed E-state index contributed by atoms with van der Waals surface area (Å²) in [7, 11) is -1.07. The van der Waals surface area contributed by atoms with Crippen molar-refractivity contribution in [3.63, 3.8) is 0 Å². The third kappa shape index (κ3) is 3.82. The number of ether oxygens (including phenoxy) is 1. The number of hydrogen-bond donors (Lipinski definition) is 3. The lowest BCUT2D eigenvalue weighted by Crippen LogP contribution is -2.22. The molecular weight excluding hydrogens is 324 g/mol. The Morgan fingerprint density at radius 2 is 2.04 bits per heavy atom. The number of rotatable bonds is 6. The number of nitrogens with one attached hydrogen (secondary N) is 2. The molecule has 23 heavy (non-hydrogen) atoms. The third-order valence-electron chi connectivity index (χ3n) is 3.04. The number of phenolic OH excluding ortho intramolecular Hbond substituents is 1. The van der Waals surface area contributed by atoms with Crippen LogP contribution in [-0.4, -0.2) is 33.6 Å². The van der Waals surface area contributed by atoms with Gasteiger partial charge in [-0.25, -0.2) is 13.1 Å². The van der Waals surface area contributed by atoms with Crippen LogP contribution in [0.15, 0.2) is 39.8 Å². The van der Waals surface area contributed by atoms with E-state index in [1.54, 1.807) is 12.1 Å². The molecule has 9 heteroatoms. The summed E-state index contributed by atoms with van der Waals surface area (Å²) in [5.41, 5.74) is 0.697. The first-order valence-corrected chi connectivity index (χ1v) is 8.03. The zero-order chi connectivity index (χ0) is 17.0. The van der Waals surface area contributed by atoms with Crippen LogP contribution in [0.1, 0.15) is 16.1 Å². The molecule has 2 rings (SSSR count). The van der Waals surface area contributed by atoms with E-state index in [9.17, 15) is 18.3 Å². The summed E-state index contributed by atoms with van der Waals surface area (Å²) >= 11 is 0. The van der Waals surface area contributed by atoms with Gasteiger partial charge in [0.1, 0.15) is 0 Å². The highest BCUT2D eigenvalue weighted by atomic mass is 32.2. The molecule has 1 amide bonds. The second kappa shape index (κ2) is 6.71. The molecule has 0 saturated heterocycles. The maximum absolute atomic E-state index is 12.0. The van der Waals surface area contributed by atoms with Gasteiger partial charge < -0.3 is 19.6 Å². The van der Waals surface area contributed by atoms with Crippen molar-refractivity contribution >= 4 is 15.9 Å². The SMILES string of the molecule is CNS(=O)(=O)c1ccc(C(=O)NCc2ccc(O)c(OC)c2)o1. The van der Waals surface area contributed by atoms with Crippen molar-refractivity contribution in [2.75, 3.05) is 14.2 Å². The van der Waals surface area contributed by atoms with E-state index in [4.69, 9.17) is 9.15 Å². The zero-order valence-electron chi connectivity index (χ0n) is 12.5. The van der Waals surface area contributed by atoms with Gasteiger partial charge in [0.15, 0.2) is 17.3 Å². The molecule has 1 aromatic heterocycles. The van der Waals surface area contributed by atoms with Gasteiger partial charge in [-0.3, -0.25) is 4.79 Å². The molecular formula is C14H16N2O6S. The van der Waals surface area contributed by atoms with Gasteiger partial charge in [-0.1, -0.05) is 6.07 Å². The molecule has 0 bridgehead atoms. The molecule has 2 aromatic rings. The Labute approximate surface area is 133 Å². The van der Waals surface area contributed by atoms with Crippen LogP contribution in [0.5, 0.6) is 11.5 Å². The van der Waals surface area contributed by atoms with Gasteiger partial charge in [-0.15, -0.1) is 0 Å². The van der Waals surface area contributed by atoms with Gasteiger partial charge in [0.2, 0.25) is 5.09 Å². The summed E-state index contributed by atoms with van der Waals surface area (Å²) in [6.07, 6.45) is 0. The van der Waals surface area contributed by atoms with Gasteiger partial charge in [0.25, 0.3) is 15.9 Å². The van der Waals surface area contributed by atoms with Crippen molar-refractivity contribution in [2.45, 2.75) is 11.6 Å². The Morgan fingerprint density at radius 3 is 2.70 bits per heavy atom. The summed E-state index contributed by atoms with van der Waals surface area (Å²) in [5.74, 6) is -0.396. The molecule has 0 saturated carbocycles. The monoisotopic (exact) mass is 340 g/mol. The predicted molar refractivity (Wildman–Crippen MR) is 80.8 cm³/mol. The number of carbonyl (C=O) groups is 1. The van der Waals surface area contributed by atoms with E-state index in [0.29, 0.717) is 5.56 Å². The second-order valence-corrected chi connectivity index (χ2v) is 6.33. The summed E-state index contributed by atoms with van der Waals surface area (Å²) in [5, 5.41) is 11.7. The fourth-order valence-corrected chi connectivity index (χ4v) is 2.44. The number of benzene rings is 1. The smallest absolute Gasteiger partial charge is 0.287 e. The van der Waals surface area contributed by atoms with Crippen molar-refractivity contribution in [1.82, 2.24) is 10.0 Å². The van der Waals surface area contributed by atoms with E-state index in [0.717, 1.165) is 0 Å². The summed E-state index contributed by atoms with van der Waals surface area (Å²) in [6.45, 7) is 0.157. The molecule has 124 valence electrons. The first kappa shape index (κ1) is 16.8. The molecule has 8 nitrogen and oxygen atoms in total. The van der Waals surface area contributed by atoms with E-state index >= 15 is 0 Å². The standard InChI is InChI=1S/C14H16N2O6S/c1-15-23(19,20)13-6-5-11(22-13)14(18)16-8-9-3-4-10(17)12(7-9)21-2/h3-7,15,17H,8H2,1-2H3,(H,16,18). The van der Waals surface area contributed by atoms with Crippen LogP contribution in [0, 0.1) is 0 Å². The second-order valence-electron chi connectivity index (χ2n) is 4.52. The number of methoxy groups -OCH3 is 1.